The maximum Gasteiger partial charge on any atom is 0.231 e. The van der Waals surface area contributed by atoms with Crippen molar-refractivity contribution in [2.45, 2.75) is 6.92 Å². The molecule has 0 fully saturated rings. The predicted octanol–water partition coefficient (Wildman–Crippen LogP) is 5.07. The summed E-state index contributed by atoms with van der Waals surface area (Å²) in [6, 6.07) is 20.6. The second-order valence-corrected chi connectivity index (χ2v) is 5.71. The summed E-state index contributed by atoms with van der Waals surface area (Å²) in [6.45, 7) is 2.29. The molecule has 1 aliphatic heterocycles. The lowest BCUT2D eigenvalue weighted by atomic mass is 9.89. The second-order valence-electron chi connectivity index (χ2n) is 5.71. The van der Waals surface area contributed by atoms with Crippen LogP contribution in [0.3, 0.4) is 0 Å². The summed E-state index contributed by atoms with van der Waals surface area (Å²) in [5, 5.41) is 0. The lowest BCUT2D eigenvalue weighted by Crippen LogP contribution is -1.97. The molecule has 0 aliphatic carbocycles. The smallest absolute Gasteiger partial charge is 0.231 e. The number of hydrogen-bond acceptors (Lipinski definition) is 3. The molecular weight excluding hydrogens is 300 g/mol. The minimum absolute atomic E-state index is 0.221. The highest BCUT2D eigenvalue weighted by molar-refractivity contribution is 5.94. The fourth-order valence-electron chi connectivity index (χ4n) is 3.29. The second kappa shape index (κ2) is 5.93. The molecule has 0 bridgehead atoms. The third-order valence-electron chi connectivity index (χ3n) is 4.34. The van der Waals surface area contributed by atoms with E-state index in [4.69, 9.17) is 14.2 Å². The summed E-state index contributed by atoms with van der Waals surface area (Å²) in [6.07, 6.45) is 0. The van der Waals surface area contributed by atoms with Crippen LogP contribution in [0.4, 0.5) is 0 Å². The molecule has 3 aromatic rings. The molecule has 3 aromatic carbocycles. The van der Waals surface area contributed by atoms with E-state index in [0.717, 1.165) is 39.3 Å². The van der Waals surface area contributed by atoms with Crippen molar-refractivity contribution < 1.29 is 14.2 Å². The highest BCUT2D eigenvalue weighted by Crippen LogP contribution is 2.54. The summed E-state index contributed by atoms with van der Waals surface area (Å²) in [7, 11) is 1.67. The molecule has 3 heteroatoms. The molecule has 1 heterocycles. The van der Waals surface area contributed by atoms with Gasteiger partial charge < -0.3 is 14.2 Å². The maximum absolute atomic E-state index is 5.75. The molecule has 0 spiro atoms. The number of hydrogen-bond donors (Lipinski definition) is 0. The van der Waals surface area contributed by atoms with E-state index in [9.17, 15) is 0 Å². The van der Waals surface area contributed by atoms with Gasteiger partial charge in [-0.15, -0.1) is 0 Å². The SMILES string of the molecule is COc1c2c(c(C)c(-c3ccccc3)c1-c1ccccc1)OCO2. The van der Waals surface area contributed by atoms with Crippen molar-refractivity contribution in [3.8, 4) is 39.5 Å². The zero-order chi connectivity index (χ0) is 16.5. The minimum atomic E-state index is 0.221. The van der Waals surface area contributed by atoms with Crippen molar-refractivity contribution in [3.63, 3.8) is 0 Å². The van der Waals surface area contributed by atoms with Crippen LogP contribution in [0.2, 0.25) is 0 Å². The van der Waals surface area contributed by atoms with E-state index in [2.05, 4.69) is 31.2 Å². The third-order valence-corrected chi connectivity index (χ3v) is 4.34. The Morgan fingerprint density at radius 1 is 0.750 bits per heavy atom. The molecule has 0 atom stereocenters. The molecule has 0 saturated heterocycles. The predicted molar refractivity (Wildman–Crippen MR) is 94.7 cm³/mol. The van der Waals surface area contributed by atoms with Gasteiger partial charge in [-0.2, -0.15) is 0 Å². The van der Waals surface area contributed by atoms with Crippen molar-refractivity contribution >= 4 is 0 Å². The minimum Gasteiger partial charge on any atom is -0.492 e. The van der Waals surface area contributed by atoms with E-state index >= 15 is 0 Å². The molecule has 0 saturated carbocycles. The van der Waals surface area contributed by atoms with E-state index in [-0.39, 0.29) is 6.79 Å². The van der Waals surface area contributed by atoms with Crippen LogP contribution in [0.25, 0.3) is 22.3 Å². The Hall–Kier alpha value is -2.94. The molecule has 4 rings (SSSR count). The Morgan fingerprint density at radius 3 is 1.88 bits per heavy atom. The van der Waals surface area contributed by atoms with Crippen LogP contribution < -0.4 is 14.2 Å². The van der Waals surface area contributed by atoms with Crippen LogP contribution >= 0.6 is 0 Å². The van der Waals surface area contributed by atoms with E-state index in [1.165, 1.54) is 0 Å². The average molecular weight is 318 g/mol. The Bertz CT molecular complexity index is 871. The first-order valence-electron chi connectivity index (χ1n) is 7.92. The Balaban J connectivity index is 2.12. The first-order valence-corrected chi connectivity index (χ1v) is 7.92. The van der Waals surface area contributed by atoms with Gasteiger partial charge in [0.2, 0.25) is 12.5 Å². The number of ether oxygens (including phenoxy) is 3. The van der Waals surface area contributed by atoms with Gasteiger partial charge in [-0.25, -0.2) is 0 Å². The molecule has 120 valence electrons. The van der Waals surface area contributed by atoms with E-state index in [0.29, 0.717) is 5.75 Å². The van der Waals surface area contributed by atoms with Crippen molar-refractivity contribution in [2.24, 2.45) is 0 Å². The van der Waals surface area contributed by atoms with Crippen LogP contribution in [0.1, 0.15) is 5.56 Å². The standard InChI is InChI=1S/C21H18O3/c1-14-17(15-9-5-3-6-10-15)18(16-11-7-4-8-12-16)20(22-2)21-19(14)23-13-24-21/h3-12H,13H2,1-2H3. The van der Waals surface area contributed by atoms with E-state index in [1.807, 2.05) is 36.4 Å². The molecule has 1 aliphatic rings. The molecule has 24 heavy (non-hydrogen) atoms. The van der Waals surface area contributed by atoms with Gasteiger partial charge in [-0.1, -0.05) is 60.7 Å². The molecular formula is C21H18O3. The number of methoxy groups -OCH3 is 1. The third kappa shape index (κ3) is 2.21. The molecule has 3 nitrogen and oxygen atoms in total. The van der Waals surface area contributed by atoms with E-state index < -0.39 is 0 Å². The molecule has 0 amide bonds. The summed E-state index contributed by atoms with van der Waals surface area (Å²) in [5.74, 6) is 2.18. The monoisotopic (exact) mass is 318 g/mol. The summed E-state index contributed by atoms with van der Waals surface area (Å²) in [5.41, 5.74) is 5.43. The lowest BCUT2D eigenvalue weighted by Gasteiger charge is -2.19. The largest absolute Gasteiger partial charge is 0.492 e. The van der Waals surface area contributed by atoms with E-state index in [1.54, 1.807) is 7.11 Å². The van der Waals surface area contributed by atoms with Crippen molar-refractivity contribution in [1.29, 1.82) is 0 Å². The van der Waals surface area contributed by atoms with Crippen molar-refractivity contribution in [1.82, 2.24) is 0 Å². The maximum atomic E-state index is 5.75. The average Bonchev–Trinajstić information content (AvgIpc) is 3.13. The molecule has 0 radical (unpaired) electrons. The van der Waals surface area contributed by atoms with Gasteiger partial charge in [-0.05, 0) is 18.1 Å². The van der Waals surface area contributed by atoms with Crippen LogP contribution in [0, 0.1) is 6.92 Å². The fourth-order valence-corrected chi connectivity index (χ4v) is 3.29. The highest BCUT2D eigenvalue weighted by atomic mass is 16.7. The quantitative estimate of drug-likeness (QED) is 0.675. The molecule has 0 unspecified atom stereocenters. The highest BCUT2D eigenvalue weighted by Gasteiger charge is 2.29. The van der Waals surface area contributed by atoms with Crippen molar-refractivity contribution in [2.75, 3.05) is 13.9 Å². The van der Waals surface area contributed by atoms with Gasteiger partial charge >= 0.3 is 0 Å². The van der Waals surface area contributed by atoms with Gasteiger partial charge in [0, 0.05) is 16.7 Å². The summed E-state index contributed by atoms with van der Waals surface area (Å²) in [4.78, 5) is 0. The Morgan fingerprint density at radius 2 is 1.29 bits per heavy atom. The number of rotatable bonds is 3. The number of benzene rings is 3. The molecule has 0 N–H and O–H groups in total. The topological polar surface area (TPSA) is 27.7 Å². The Kier molecular flexibility index (Phi) is 3.62. The fraction of sp³-hybridized carbons (Fsp3) is 0.143. The lowest BCUT2D eigenvalue weighted by molar-refractivity contribution is 0.171. The van der Waals surface area contributed by atoms with Gasteiger partial charge in [0.15, 0.2) is 11.5 Å². The van der Waals surface area contributed by atoms with Crippen LogP contribution in [-0.2, 0) is 0 Å². The summed E-state index contributed by atoms with van der Waals surface area (Å²) >= 11 is 0. The van der Waals surface area contributed by atoms with Crippen LogP contribution in [0.5, 0.6) is 17.2 Å². The van der Waals surface area contributed by atoms with Crippen LogP contribution in [0.15, 0.2) is 60.7 Å². The zero-order valence-corrected chi connectivity index (χ0v) is 13.7. The zero-order valence-electron chi connectivity index (χ0n) is 13.7. The molecule has 0 aromatic heterocycles. The van der Waals surface area contributed by atoms with Crippen LogP contribution in [-0.4, -0.2) is 13.9 Å². The first kappa shape index (κ1) is 14.6. The van der Waals surface area contributed by atoms with Crippen molar-refractivity contribution in [3.05, 3.63) is 66.2 Å². The van der Waals surface area contributed by atoms with Gasteiger partial charge in [-0.3, -0.25) is 0 Å². The number of fused-ring (bicyclic) bond motifs is 1. The van der Waals surface area contributed by atoms with Gasteiger partial charge in [0.1, 0.15) is 0 Å². The van der Waals surface area contributed by atoms with Gasteiger partial charge in [0.25, 0.3) is 0 Å². The first-order chi connectivity index (χ1) is 11.8. The Labute approximate surface area is 141 Å². The summed E-state index contributed by atoms with van der Waals surface area (Å²) < 4.78 is 17.2. The van der Waals surface area contributed by atoms with Gasteiger partial charge in [0.05, 0.1) is 7.11 Å². The normalized spacial score (nSPS) is 12.2.